The van der Waals surface area contributed by atoms with Crippen molar-refractivity contribution in [1.82, 2.24) is 14.1 Å². The second-order valence-electron chi connectivity index (χ2n) is 4.09. The van der Waals surface area contributed by atoms with E-state index in [1.165, 1.54) is 11.4 Å². The monoisotopic (exact) mass is 272 g/mol. The molecule has 1 aromatic heterocycles. The topological polar surface area (TPSA) is 81.2 Å². The quantitative estimate of drug-likeness (QED) is 0.753. The molecule has 0 aromatic carbocycles. The Balaban J connectivity index is 3.28. The number of aromatic nitrogens is 2. The summed E-state index contributed by atoms with van der Waals surface area (Å²) in [6.45, 7) is 8.17. The summed E-state index contributed by atoms with van der Waals surface area (Å²) in [6.07, 6.45) is 1.55. The number of rotatable bonds is 6. The van der Waals surface area contributed by atoms with E-state index >= 15 is 0 Å². The van der Waals surface area contributed by atoms with Gasteiger partial charge in [0.1, 0.15) is 4.90 Å². The van der Waals surface area contributed by atoms with Crippen molar-refractivity contribution in [2.75, 3.05) is 20.1 Å². The third kappa shape index (κ3) is 2.63. The standard InChI is InChI=1S/C11H20N4O2S/c1-5-7-14(4)18(16,17)11-9(2)13-15(8-6-12)10(11)3/h5H,1,6-8,12H2,2-4H3. The van der Waals surface area contributed by atoms with Gasteiger partial charge in [-0.25, -0.2) is 8.42 Å². The van der Waals surface area contributed by atoms with E-state index in [0.29, 0.717) is 24.5 Å². The molecular formula is C11H20N4O2S. The lowest BCUT2D eigenvalue weighted by atomic mass is 10.4. The van der Waals surface area contributed by atoms with Gasteiger partial charge in [0.15, 0.2) is 0 Å². The van der Waals surface area contributed by atoms with Crippen LogP contribution in [-0.4, -0.2) is 42.6 Å². The second-order valence-corrected chi connectivity index (χ2v) is 6.07. The molecule has 1 aromatic rings. The van der Waals surface area contributed by atoms with Crippen molar-refractivity contribution >= 4 is 10.0 Å². The highest BCUT2D eigenvalue weighted by atomic mass is 32.2. The molecule has 0 bridgehead atoms. The Morgan fingerprint density at radius 1 is 1.50 bits per heavy atom. The SMILES string of the molecule is C=CCN(C)S(=O)(=O)c1c(C)nn(CCN)c1C. The van der Waals surface area contributed by atoms with Gasteiger partial charge in [0.2, 0.25) is 10.0 Å². The van der Waals surface area contributed by atoms with E-state index in [-0.39, 0.29) is 11.4 Å². The highest BCUT2D eigenvalue weighted by Gasteiger charge is 2.27. The van der Waals surface area contributed by atoms with Crippen LogP contribution in [0.3, 0.4) is 0 Å². The Kier molecular flexibility index (Phi) is 4.66. The first kappa shape index (κ1) is 14.9. The molecule has 0 amide bonds. The predicted octanol–water partition coefficient (Wildman–Crippen LogP) is 0.265. The van der Waals surface area contributed by atoms with Crippen molar-refractivity contribution in [1.29, 1.82) is 0 Å². The van der Waals surface area contributed by atoms with Crippen LogP contribution < -0.4 is 5.73 Å². The van der Waals surface area contributed by atoms with Crippen LogP contribution in [0, 0.1) is 13.8 Å². The third-order valence-corrected chi connectivity index (χ3v) is 4.79. The van der Waals surface area contributed by atoms with Crippen LogP contribution in [0.25, 0.3) is 0 Å². The number of aryl methyl sites for hydroxylation is 1. The van der Waals surface area contributed by atoms with Gasteiger partial charge in [0.05, 0.1) is 17.9 Å². The maximum absolute atomic E-state index is 12.4. The lowest BCUT2D eigenvalue weighted by molar-refractivity contribution is 0.497. The zero-order chi connectivity index (χ0) is 13.9. The van der Waals surface area contributed by atoms with Crippen LogP contribution in [-0.2, 0) is 16.6 Å². The molecule has 0 aliphatic carbocycles. The van der Waals surface area contributed by atoms with Crippen LogP contribution in [0.2, 0.25) is 0 Å². The van der Waals surface area contributed by atoms with Crippen LogP contribution in [0.1, 0.15) is 11.4 Å². The van der Waals surface area contributed by atoms with Crippen LogP contribution in [0.5, 0.6) is 0 Å². The minimum Gasteiger partial charge on any atom is -0.329 e. The lowest BCUT2D eigenvalue weighted by Gasteiger charge is -2.15. The Labute approximate surface area is 108 Å². The first-order valence-electron chi connectivity index (χ1n) is 5.67. The first-order valence-corrected chi connectivity index (χ1v) is 7.11. The highest BCUT2D eigenvalue weighted by molar-refractivity contribution is 7.89. The third-order valence-electron chi connectivity index (χ3n) is 2.71. The van der Waals surface area contributed by atoms with E-state index < -0.39 is 10.0 Å². The molecule has 1 rings (SSSR count). The molecule has 0 aliphatic heterocycles. The first-order chi connectivity index (χ1) is 8.36. The summed E-state index contributed by atoms with van der Waals surface area (Å²) >= 11 is 0. The molecule has 1 heterocycles. The molecular weight excluding hydrogens is 252 g/mol. The molecule has 0 spiro atoms. The number of sulfonamides is 1. The average Bonchev–Trinajstić information content (AvgIpc) is 2.55. The Bertz CT molecular complexity index is 533. The van der Waals surface area contributed by atoms with Crippen molar-refractivity contribution in [2.24, 2.45) is 5.73 Å². The molecule has 0 saturated carbocycles. The maximum Gasteiger partial charge on any atom is 0.246 e. The summed E-state index contributed by atoms with van der Waals surface area (Å²) in [5.74, 6) is 0. The largest absolute Gasteiger partial charge is 0.329 e. The minimum absolute atomic E-state index is 0.264. The number of nitrogens with zero attached hydrogens (tertiary/aromatic N) is 3. The Morgan fingerprint density at radius 3 is 2.61 bits per heavy atom. The molecule has 7 heteroatoms. The van der Waals surface area contributed by atoms with E-state index in [0.717, 1.165) is 0 Å². The summed E-state index contributed by atoms with van der Waals surface area (Å²) in [7, 11) is -2.00. The molecule has 102 valence electrons. The molecule has 0 saturated heterocycles. The van der Waals surface area contributed by atoms with E-state index in [1.807, 2.05) is 0 Å². The van der Waals surface area contributed by atoms with Crippen LogP contribution >= 0.6 is 0 Å². The molecule has 2 N–H and O–H groups in total. The van der Waals surface area contributed by atoms with E-state index in [1.54, 1.807) is 24.6 Å². The number of likely N-dealkylation sites (N-methyl/N-ethyl adjacent to an activating group) is 1. The van der Waals surface area contributed by atoms with Gasteiger partial charge in [-0.1, -0.05) is 6.08 Å². The fourth-order valence-electron chi connectivity index (χ4n) is 1.83. The highest BCUT2D eigenvalue weighted by Crippen LogP contribution is 2.22. The lowest BCUT2D eigenvalue weighted by Crippen LogP contribution is -2.28. The van der Waals surface area contributed by atoms with Crippen molar-refractivity contribution in [3.8, 4) is 0 Å². The van der Waals surface area contributed by atoms with Crippen molar-refractivity contribution < 1.29 is 8.42 Å². The smallest absolute Gasteiger partial charge is 0.246 e. The summed E-state index contributed by atoms with van der Waals surface area (Å²) in [6, 6.07) is 0. The van der Waals surface area contributed by atoms with Gasteiger partial charge in [-0.05, 0) is 13.8 Å². The minimum atomic E-state index is -3.52. The molecule has 0 unspecified atom stereocenters. The van der Waals surface area contributed by atoms with E-state index in [9.17, 15) is 8.42 Å². The summed E-state index contributed by atoms with van der Waals surface area (Å²) in [5, 5.41) is 4.21. The molecule has 0 aliphatic rings. The van der Waals surface area contributed by atoms with Crippen LogP contribution in [0.15, 0.2) is 17.6 Å². The molecule has 6 nitrogen and oxygen atoms in total. The number of hydrogen-bond donors (Lipinski definition) is 1. The fraction of sp³-hybridized carbons (Fsp3) is 0.545. The fourth-order valence-corrected chi connectivity index (χ4v) is 3.34. The van der Waals surface area contributed by atoms with E-state index in [4.69, 9.17) is 5.73 Å². The zero-order valence-electron chi connectivity index (χ0n) is 11.0. The van der Waals surface area contributed by atoms with Crippen molar-refractivity contribution in [3.63, 3.8) is 0 Å². The zero-order valence-corrected chi connectivity index (χ0v) is 11.9. The van der Waals surface area contributed by atoms with Gasteiger partial charge < -0.3 is 5.73 Å². The van der Waals surface area contributed by atoms with Gasteiger partial charge in [-0.3, -0.25) is 4.68 Å². The van der Waals surface area contributed by atoms with Crippen LogP contribution in [0.4, 0.5) is 0 Å². The van der Waals surface area contributed by atoms with Gasteiger partial charge in [0, 0.05) is 20.1 Å². The number of nitrogens with two attached hydrogens (primary N) is 1. The van der Waals surface area contributed by atoms with Gasteiger partial charge in [-0.15, -0.1) is 6.58 Å². The van der Waals surface area contributed by atoms with Crippen molar-refractivity contribution in [2.45, 2.75) is 25.3 Å². The normalized spacial score (nSPS) is 12.1. The molecule has 0 radical (unpaired) electrons. The second kappa shape index (κ2) is 5.64. The Morgan fingerprint density at radius 2 is 2.11 bits per heavy atom. The number of hydrogen-bond acceptors (Lipinski definition) is 4. The molecule has 18 heavy (non-hydrogen) atoms. The maximum atomic E-state index is 12.4. The van der Waals surface area contributed by atoms with Crippen molar-refractivity contribution in [3.05, 3.63) is 24.0 Å². The Hall–Kier alpha value is -1.18. The van der Waals surface area contributed by atoms with Gasteiger partial charge in [-0.2, -0.15) is 9.40 Å². The summed E-state index contributed by atoms with van der Waals surface area (Å²) in [4.78, 5) is 0.264. The molecule has 0 fully saturated rings. The predicted molar refractivity (Wildman–Crippen MR) is 70.8 cm³/mol. The summed E-state index contributed by atoms with van der Waals surface area (Å²) in [5.41, 5.74) is 6.59. The van der Waals surface area contributed by atoms with Gasteiger partial charge >= 0.3 is 0 Å². The molecule has 0 atom stereocenters. The average molecular weight is 272 g/mol. The van der Waals surface area contributed by atoms with E-state index in [2.05, 4.69) is 11.7 Å². The van der Waals surface area contributed by atoms with Gasteiger partial charge in [0.25, 0.3) is 0 Å². The summed E-state index contributed by atoms with van der Waals surface area (Å²) < 4.78 is 27.6.